The van der Waals surface area contributed by atoms with Crippen molar-refractivity contribution in [3.8, 4) is 0 Å². The third kappa shape index (κ3) is 5.02. The fourth-order valence-corrected chi connectivity index (χ4v) is 4.56. The van der Waals surface area contributed by atoms with E-state index in [2.05, 4.69) is 43.0 Å². The first-order valence-corrected chi connectivity index (χ1v) is 11.1. The van der Waals surface area contributed by atoms with Crippen LogP contribution in [0.3, 0.4) is 0 Å². The second-order valence-corrected chi connectivity index (χ2v) is 8.86. The predicted octanol–water partition coefficient (Wildman–Crippen LogP) is 1.35. The van der Waals surface area contributed by atoms with E-state index < -0.39 is 16.4 Å². The number of anilines is 2. The smallest absolute Gasteiger partial charge is 0.333 e. The van der Waals surface area contributed by atoms with E-state index in [0.29, 0.717) is 18.7 Å². The van der Waals surface area contributed by atoms with Gasteiger partial charge in [-0.2, -0.15) is 8.42 Å². The van der Waals surface area contributed by atoms with Crippen LogP contribution in [0.15, 0.2) is 36.7 Å². The summed E-state index contributed by atoms with van der Waals surface area (Å²) in [5, 5.41) is 21.8. The number of aromatic nitrogens is 2. The third-order valence-corrected chi connectivity index (χ3v) is 6.04. The fraction of sp³-hybridized carbons (Fsp3) is 0.474. The lowest BCUT2D eigenvalue weighted by molar-refractivity contribution is 0.101. The van der Waals surface area contributed by atoms with Crippen molar-refractivity contribution in [1.82, 2.24) is 9.97 Å². The summed E-state index contributed by atoms with van der Waals surface area (Å²) in [4.78, 5) is 8.59. The van der Waals surface area contributed by atoms with Crippen molar-refractivity contribution in [2.24, 2.45) is 11.1 Å². The highest BCUT2D eigenvalue weighted by Gasteiger charge is 2.34. The van der Waals surface area contributed by atoms with E-state index in [1.807, 2.05) is 12.1 Å². The van der Waals surface area contributed by atoms with Crippen LogP contribution >= 0.6 is 0 Å². The molecule has 5 N–H and O–H groups in total. The van der Waals surface area contributed by atoms with Crippen LogP contribution < -0.4 is 15.8 Å². The number of fused-ring (bicyclic) bond motifs is 1. The quantitative estimate of drug-likeness (QED) is 0.527. The summed E-state index contributed by atoms with van der Waals surface area (Å²) in [5.41, 5.74) is 2.67. The Morgan fingerprint density at radius 3 is 2.72 bits per heavy atom. The van der Waals surface area contributed by atoms with Crippen LogP contribution in [0.5, 0.6) is 0 Å². The third-order valence-electron chi connectivity index (χ3n) is 5.58. The van der Waals surface area contributed by atoms with E-state index in [1.54, 1.807) is 0 Å². The second kappa shape index (κ2) is 8.23. The number of hydrogen-bond donors (Lipinski definition) is 4. The van der Waals surface area contributed by atoms with E-state index in [0.717, 1.165) is 18.7 Å². The fourth-order valence-electron chi connectivity index (χ4n) is 4.19. The number of benzene rings is 1. The van der Waals surface area contributed by atoms with Crippen molar-refractivity contribution in [2.75, 3.05) is 17.2 Å². The summed E-state index contributed by atoms with van der Waals surface area (Å²) in [6, 6.07) is 10.4. The van der Waals surface area contributed by atoms with Crippen molar-refractivity contribution >= 4 is 21.9 Å². The van der Waals surface area contributed by atoms with Crippen LogP contribution in [0.1, 0.15) is 36.4 Å². The minimum atomic E-state index is -4.01. The molecule has 0 bridgehead atoms. The van der Waals surface area contributed by atoms with Crippen molar-refractivity contribution in [3.05, 3.63) is 47.8 Å². The molecule has 0 saturated heterocycles. The summed E-state index contributed by atoms with van der Waals surface area (Å²) in [6.45, 7) is -0.129. The molecule has 9 nitrogen and oxygen atoms in total. The molecule has 29 heavy (non-hydrogen) atoms. The monoisotopic (exact) mass is 419 g/mol. The van der Waals surface area contributed by atoms with Crippen LogP contribution in [0, 0.1) is 5.92 Å². The first-order chi connectivity index (χ1) is 13.9. The summed E-state index contributed by atoms with van der Waals surface area (Å²) in [5.74, 6) is 1.08. The molecule has 1 heterocycles. The van der Waals surface area contributed by atoms with Gasteiger partial charge in [-0.15, -0.1) is 0 Å². The van der Waals surface area contributed by atoms with E-state index in [4.69, 9.17) is 5.14 Å². The Morgan fingerprint density at radius 2 is 1.93 bits per heavy atom. The Labute approximate surface area is 170 Å². The molecule has 0 radical (unpaired) electrons. The van der Waals surface area contributed by atoms with E-state index in [1.165, 1.54) is 17.5 Å². The largest absolute Gasteiger partial charge is 0.393 e. The minimum absolute atomic E-state index is 0.0472. The molecule has 2 aliphatic rings. The maximum atomic E-state index is 11.0. The van der Waals surface area contributed by atoms with E-state index >= 15 is 0 Å². The van der Waals surface area contributed by atoms with Crippen LogP contribution in [-0.4, -0.2) is 42.2 Å². The predicted molar refractivity (Wildman–Crippen MR) is 108 cm³/mol. The van der Waals surface area contributed by atoms with Crippen molar-refractivity contribution in [2.45, 2.75) is 43.9 Å². The van der Waals surface area contributed by atoms with Crippen molar-refractivity contribution in [1.29, 1.82) is 0 Å². The molecule has 0 spiro atoms. The normalized spacial score (nSPS) is 26.3. The van der Waals surface area contributed by atoms with Gasteiger partial charge in [0.05, 0.1) is 18.8 Å². The first kappa shape index (κ1) is 20.0. The number of nitrogens with zero attached hydrogens (tertiary/aromatic N) is 2. The molecule has 1 fully saturated rings. The van der Waals surface area contributed by atoms with Gasteiger partial charge in [-0.25, -0.2) is 15.1 Å². The zero-order chi connectivity index (χ0) is 20.4. The molecule has 0 aliphatic heterocycles. The minimum Gasteiger partial charge on any atom is -0.393 e. The van der Waals surface area contributed by atoms with Gasteiger partial charge in [-0.1, -0.05) is 24.3 Å². The van der Waals surface area contributed by atoms with Crippen LogP contribution in [0.25, 0.3) is 0 Å². The van der Waals surface area contributed by atoms with Crippen molar-refractivity contribution in [3.63, 3.8) is 0 Å². The van der Waals surface area contributed by atoms with Gasteiger partial charge in [-0.3, -0.25) is 4.18 Å². The number of aryl methyl sites for hydroxylation is 1. The highest BCUT2D eigenvalue weighted by molar-refractivity contribution is 7.84. The average molecular weight is 420 g/mol. The number of aliphatic hydroxyl groups is 1. The lowest BCUT2D eigenvalue weighted by Gasteiger charge is -2.17. The lowest BCUT2D eigenvalue weighted by Crippen LogP contribution is -2.24. The number of hydrogen-bond acceptors (Lipinski definition) is 8. The van der Waals surface area contributed by atoms with Gasteiger partial charge < -0.3 is 15.7 Å². The topological polar surface area (TPSA) is 139 Å². The molecular formula is C19H25N5O4S. The SMILES string of the molecule is NS(=O)(=O)OCC1CC(Nc2cc(N[C@H]3CCc4ccccc43)ncn2)CC1O. The lowest BCUT2D eigenvalue weighted by atomic mass is 10.1. The van der Waals surface area contributed by atoms with Gasteiger partial charge in [0, 0.05) is 18.0 Å². The first-order valence-electron chi connectivity index (χ1n) is 9.65. The Bertz CT molecular complexity index is 971. The Balaban J connectivity index is 1.36. The highest BCUT2D eigenvalue weighted by Crippen LogP contribution is 2.34. The summed E-state index contributed by atoms with van der Waals surface area (Å²) in [6.07, 6.45) is 3.93. The standard InChI is InChI=1S/C19H25N5O4S/c20-29(26,27)28-10-13-7-14(8-17(13)25)23-18-9-19(22-11-21-18)24-16-6-5-12-3-1-2-4-15(12)16/h1-4,9,11,13-14,16-17,25H,5-8,10H2,(H2,20,26,27)(H2,21,22,23,24)/t13?,14?,16-,17?/m0/s1. The van der Waals surface area contributed by atoms with Crippen LogP contribution in [0.2, 0.25) is 0 Å². The average Bonchev–Trinajstić information content (AvgIpc) is 3.23. The molecule has 1 aromatic carbocycles. The molecule has 2 aliphatic carbocycles. The van der Waals surface area contributed by atoms with E-state index in [9.17, 15) is 13.5 Å². The molecule has 10 heteroatoms. The molecule has 3 unspecified atom stereocenters. The number of nitrogens with one attached hydrogen (secondary N) is 2. The van der Waals surface area contributed by atoms with Crippen LogP contribution in [0.4, 0.5) is 11.6 Å². The molecule has 1 aromatic heterocycles. The summed E-state index contributed by atoms with van der Waals surface area (Å²) < 4.78 is 26.5. The molecular weight excluding hydrogens is 394 g/mol. The maximum Gasteiger partial charge on any atom is 0.333 e. The van der Waals surface area contributed by atoms with E-state index in [-0.39, 0.29) is 24.6 Å². The summed E-state index contributed by atoms with van der Waals surface area (Å²) in [7, 11) is -4.01. The summed E-state index contributed by atoms with van der Waals surface area (Å²) >= 11 is 0. The Hall–Kier alpha value is -2.27. The zero-order valence-corrected chi connectivity index (χ0v) is 16.7. The number of rotatable bonds is 7. The Kier molecular flexibility index (Phi) is 5.68. The van der Waals surface area contributed by atoms with Gasteiger partial charge in [-0.05, 0) is 36.8 Å². The van der Waals surface area contributed by atoms with Gasteiger partial charge in [0.15, 0.2) is 0 Å². The molecule has 1 saturated carbocycles. The van der Waals surface area contributed by atoms with Gasteiger partial charge in [0.25, 0.3) is 0 Å². The molecule has 2 aromatic rings. The van der Waals surface area contributed by atoms with Gasteiger partial charge in [0.2, 0.25) is 0 Å². The number of nitrogens with two attached hydrogens (primary N) is 1. The molecule has 4 atom stereocenters. The van der Waals surface area contributed by atoms with Gasteiger partial charge >= 0.3 is 10.3 Å². The molecule has 156 valence electrons. The second-order valence-electron chi connectivity index (χ2n) is 7.64. The van der Waals surface area contributed by atoms with Crippen molar-refractivity contribution < 1.29 is 17.7 Å². The van der Waals surface area contributed by atoms with Crippen LogP contribution in [-0.2, 0) is 20.9 Å². The highest BCUT2D eigenvalue weighted by atomic mass is 32.2. The molecule has 0 amide bonds. The van der Waals surface area contributed by atoms with Gasteiger partial charge in [0.1, 0.15) is 18.0 Å². The number of aliphatic hydroxyl groups excluding tert-OH is 1. The zero-order valence-electron chi connectivity index (χ0n) is 15.9. The maximum absolute atomic E-state index is 11.0. The Morgan fingerprint density at radius 1 is 1.17 bits per heavy atom. The molecule has 4 rings (SSSR count).